The lowest BCUT2D eigenvalue weighted by atomic mass is 9.78. The minimum atomic E-state index is -0.246. The van der Waals surface area contributed by atoms with E-state index in [0.29, 0.717) is 6.04 Å². The summed E-state index contributed by atoms with van der Waals surface area (Å²) in [6.45, 7) is 4.71. The van der Waals surface area contributed by atoms with Crippen molar-refractivity contribution in [1.82, 2.24) is 15.1 Å². The van der Waals surface area contributed by atoms with Crippen LogP contribution in [0.4, 0.5) is 0 Å². The topological polar surface area (TPSA) is 48.3 Å². The molecule has 0 amide bonds. The van der Waals surface area contributed by atoms with Crippen LogP contribution in [-0.2, 0) is 23.3 Å². The fraction of sp³-hybridized carbons (Fsp3) is 0.611. The number of aryl methyl sites for hydroxylation is 1. The lowest BCUT2D eigenvalue weighted by Gasteiger charge is -2.46. The Hall–Kier alpha value is -1.08. The fourth-order valence-electron chi connectivity index (χ4n) is 4.59. The van der Waals surface area contributed by atoms with Crippen LogP contribution in [0.15, 0.2) is 12.3 Å². The summed E-state index contributed by atoms with van der Waals surface area (Å²) >= 11 is 8.02. The Kier molecular flexibility index (Phi) is 3.85. The molecule has 0 bridgehead atoms. The number of fused-ring (bicyclic) bond motifs is 3. The van der Waals surface area contributed by atoms with Gasteiger partial charge in [-0.15, -0.1) is 11.3 Å². The van der Waals surface area contributed by atoms with E-state index in [9.17, 15) is 0 Å². The van der Waals surface area contributed by atoms with E-state index < -0.39 is 0 Å². The summed E-state index contributed by atoms with van der Waals surface area (Å²) in [6.07, 6.45) is 5.81. The number of nitrogens with zero attached hydrogens (tertiary/aromatic N) is 2. The van der Waals surface area contributed by atoms with E-state index in [4.69, 9.17) is 21.1 Å². The van der Waals surface area contributed by atoms with Gasteiger partial charge in [0, 0.05) is 36.3 Å². The number of aromatic nitrogens is 2. The summed E-state index contributed by atoms with van der Waals surface area (Å²) in [5, 5.41) is 8.27. The molecule has 0 radical (unpaired) electrons. The smallest absolute Gasteiger partial charge is 0.216 e. The van der Waals surface area contributed by atoms with Crippen molar-refractivity contribution in [3.05, 3.63) is 32.6 Å². The quantitative estimate of drug-likeness (QED) is 0.821. The number of piperidine rings is 1. The van der Waals surface area contributed by atoms with Gasteiger partial charge in [-0.25, -0.2) is 4.68 Å². The third-order valence-corrected chi connectivity index (χ3v) is 7.04. The highest BCUT2D eigenvalue weighted by molar-refractivity contribution is 7.16. The van der Waals surface area contributed by atoms with Gasteiger partial charge in [0.2, 0.25) is 5.88 Å². The average molecular weight is 380 g/mol. The molecule has 2 aromatic heterocycles. The maximum atomic E-state index is 6.43. The van der Waals surface area contributed by atoms with Crippen LogP contribution in [-0.4, -0.2) is 29.0 Å². The van der Waals surface area contributed by atoms with Gasteiger partial charge in [0.15, 0.2) is 0 Å². The Balaban J connectivity index is 1.53. The molecule has 1 N–H and O–H groups in total. The lowest BCUT2D eigenvalue weighted by molar-refractivity contribution is -0.0956. The normalized spacial score (nSPS) is 31.4. The lowest BCUT2D eigenvalue weighted by Crippen LogP contribution is -2.49. The van der Waals surface area contributed by atoms with Gasteiger partial charge >= 0.3 is 0 Å². The summed E-state index contributed by atoms with van der Waals surface area (Å²) < 4.78 is 15.2. The number of halogens is 1. The molecule has 0 aliphatic carbocycles. The molecule has 2 aromatic rings. The zero-order chi connectivity index (χ0) is 17.0. The largest absolute Gasteiger partial charge is 0.478 e. The van der Waals surface area contributed by atoms with Crippen LogP contribution < -0.4 is 10.1 Å². The zero-order valence-corrected chi connectivity index (χ0v) is 15.8. The molecule has 3 aliphatic heterocycles. The van der Waals surface area contributed by atoms with Crippen LogP contribution in [0.2, 0.25) is 4.34 Å². The van der Waals surface area contributed by atoms with Crippen molar-refractivity contribution in [2.45, 2.75) is 56.8 Å². The molecule has 1 fully saturated rings. The van der Waals surface area contributed by atoms with E-state index in [0.717, 1.165) is 61.2 Å². The predicted molar refractivity (Wildman–Crippen MR) is 97.6 cm³/mol. The first-order valence-corrected chi connectivity index (χ1v) is 10.2. The molecule has 7 heteroatoms. The molecule has 1 spiro atoms. The molecule has 134 valence electrons. The molecule has 0 aromatic carbocycles. The van der Waals surface area contributed by atoms with E-state index in [1.54, 1.807) is 11.3 Å². The number of thiophene rings is 1. The van der Waals surface area contributed by atoms with Crippen LogP contribution in [0.3, 0.4) is 0 Å². The SMILES string of the molecule is C[C@H]1C[C@@]2(C[C@@H](c3cnn4c3OCCC4)N1)OCCc1cc(Cl)sc12. The van der Waals surface area contributed by atoms with Crippen molar-refractivity contribution in [2.24, 2.45) is 0 Å². The predicted octanol–water partition coefficient (Wildman–Crippen LogP) is 3.66. The molecular formula is C18H22ClN3O2S. The molecule has 5 heterocycles. The summed E-state index contributed by atoms with van der Waals surface area (Å²) in [7, 11) is 0. The van der Waals surface area contributed by atoms with Gasteiger partial charge in [0.1, 0.15) is 5.60 Å². The molecule has 3 aliphatic rings. The van der Waals surface area contributed by atoms with Gasteiger partial charge < -0.3 is 14.8 Å². The molecule has 1 saturated heterocycles. The monoisotopic (exact) mass is 379 g/mol. The van der Waals surface area contributed by atoms with Gasteiger partial charge in [-0.05, 0) is 31.4 Å². The second-order valence-corrected chi connectivity index (χ2v) is 9.04. The van der Waals surface area contributed by atoms with Crippen molar-refractivity contribution >= 4 is 22.9 Å². The molecule has 5 nitrogen and oxygen atoms in total. The number of hydrogen-bond acceptors (Lipinski definition) is 5. The average Bonchev–Trinajstić information content (AvgIpc) is 3.18. The van der Waals surface area contributed by atoms with E-state index in [1.807, 2.05) is 10.9 Å². The first kappa shape index (κ1) is 16.1. The van der Waals surface area contributed by atoms with Crippen LogP contribution in [0, 0.1) is 0 Å². The van der Waals surface area contributed by atoms with Crippen molar-refractivity contribution < 1.29 is 9.47 Å². The summed E-state index contributed by atoms with van der Waals surface area (Å²) in [5.74, 6) is 0.924. The number of hydrogen-bond donors (Lipinski definition) is 1. The highest BCUT2D eigenvalue weighted by Gasteiger charge is 2.47. The molecular weight excluding hydrogens is 358 g/mol. The number of nitrogens with one attached hydrogen (secondary N) is 1. The molecule has 5 rings (SSSR count). The highest BCUT2D eigenvalue weighted by atomic mass is 35.5. The Labute approximate surface area is 156 Å². The molecule has 3 atom stereocenters. The van der Waals surface area contributed by atoms with Crippen LogP contribution in [0.1, 0.15) is 48.2 Å². The Morgan fingerprint density at radius 2 is 2.32 bits per heavy atom. The van der Waals surface area contributed by atoms with Gasteiger partial charge in [0.25, 0.3) is 0 Å². The van der Waals surface area contributed by atoms with Crippen molar-refractivity contribution in [2.75, 3.05) is 13.2 Å². The summed E-state index contributed by atoms with van der Waals surface area (Å²) in [6, 6.07) is 2.65. The van der Waals surface area contributed by atoms with Crippen molar-refractivity contribution in [3.8, 4) is 5.88 Å². The first-order chi connectivity index (χ1) is 12.1. The van der Waals surface area contributed by atoms with Gasteiger partial charge in [0.05, 0.1) is 29.3 Å². The van der Waals surface area contributed by atoms with Crippen LogP contribution in [0.5, 0.6) is 5.88 Å². The van der Waals surface area contributed by atoms with Crippen molar-refractivity contribution in [1.29, 1.82) is 0 Å². The van der Waals surface area contributed by atoms with E-state index in [-0.39, 0.29) is 11.6 Å². The third kappa shape index (κ3) is 2.62. The van der Waals surface area contributed by atoms with E-state index in [2.05, 4.69) is 23.4 Å². The number of ether oxygens (including phenoxy) is 2. The van der Waals surface area contributed by atoms with E-state index in [1.165, 1.54) is 10.4 Å². The maximum Gasteiger partial charge on any atom is 0.216 e. The first-order valence-electron chi connectivity index (χ1n) is 9.02. The van der Waals surface area contributed by atoms with E-state index >= 15 is 0 Å². The minimum Gasteiger partial charge on any atom is -0.478 e. The molecule has 25 heavy (non-hydrogen) atoms. The maximum absolute atomic E-state index is 6.43. The van der Waals surface area contributed by atoms with Gasteiger partial charge in [-0.3, -0.25) is 0 Å². The second kappa shape index (κ2) is 5.98. The van der Waals surface area contributed by atoms with Crippen molar-refractivity contribution in [3.63, 3.8) is 0 Å². The Bertz CT molecular complexity index is 804. The standard InChI is InChI=1S/C18H22ClN3O2S/c1-11-8-18(16-12(3-6-24-18)7-15(19)25-16)9-14(21-11)13-10-20-22-4-2-5-23-17(13)22/h7,10-11,14,21H,2-6,8-9H2,1H3/t11-,14-,18-/m0/s1. The summed E-state index contributed by atoms with van der Waals surface area (Å²) in [4.78, 5) is 1.32. The third-order valence-electron chi connectivity index (χ3n) is 5.54. The molecule has 0 unspecified atom stereocenters. The Morgan fingerprint density at radius 1 is 1.40 bits per heavy atom. The van der Waals surface area contributed by atoms with Gasteiger partial charge in [-0.1, -0.05) is 11.6 Å². The van der Waals surface area contributed by atoms with Crippen LogP contribution >= 0.6 is 22.9 Å². The van der Waals surface area contributed by atoms with Gasteiger partial charge in [-0.2, -0.15) is 5.10 Å². The molecule has 0 saturated carbocycles. The summed E-state index contributed by atoms with van der Waals surface area (Å²) in [5.41, 5.74) is 2.27. The fourth-order valence-corrected chi connectivity index (χ4v) is 6.05. The Morgan fingerprint density at radius 3 is 3.24 bits per heavy atom. The number of rotatable bonds is 1. The van der Waals surface area contributed by atoms with Crippen LogP contribution in [0.25, 0.3) is 0 Å². The zero-order valence-electron chi connectivity index (χ0n) is 14.3. The minimum absolute atomic E-state index is 0.178. The highest BCUT2D eigenvalue weighted by Crippen LogP contribution is 2.50. The second-order valence-electron chi connectivity index (χ2n) is 7.36.